The maximum atomic E-state index is 13.2. The SMILES string of the molecule is COc1ccc(CN(Cc2ccc(OC)cc2)c2nccc3c2[nH]c(=O)n3[C@@H]2CCCN(C(=O)O)C2)cc1. The molecular weight excluding hydrogens is 486 g/mol. The van der Waals surface area contributed by atoms with Crippen LogP contribution in [0.15, 0.2) is 65.6 Å². The highest BCUT2D eigenvalue weighted by atomic mass is 16.5. The molecule has 0 bridgehead atoms. The van der Waals surface area contributed by atoms with Gasteiger partial charge in [0.1, 0.15) is 17.0 Å². The van der Waals surface area contributed by atoms with Crippen molar-refractivity contribution in [2.24, 2.45) is 0 Å². The van der Waals surface area contributed by atoms with Crippen LogP contribution >= 0.6 is 0 Å². The van der Waals surface area contributed by atoms with Gasteiger partial charge < -0.3 is 29.4 Å². The molecule has 4 aromatic rings. The van der Waals surface area contributed by atoms with E-state index in [9.17, 15) is 14.7 Å². The number of imidazole rings is 1. The number of nitrogens with one attached hydrogen (secondary N) is 1. The number of aromatic amines is 1. The Morgan fingerprint density at radius 3 is 2.18 bits per heavy atom. The fourth-order valence-corrected chi connectivity index (χ4v) is 5.09. The van der Waals surface area contributed by atoms with Crippen molar-refractivity contribution < 1.29 is 19.4 Å². The van der Waals surface area contributed by atoms with Crippen molar-refractivity contribution in [3.8, 4) is 11.5 Å². The molecule has 3 heterocycles. The Bertz CT molecular complexity index is 1410. The van der Waals surface area contributed by atoms with Crippen LogP contribution in [0.5, 0.6) is 11.5 Å². The quantitative estimate of drug-likeness (QED) is 0.359. The zero-order valence-electron chi connectivity index (χ0n) is 21.5. The molecule has 1 fully saturated rings. The van der Waals surface area contributed by atoms with Crippen molar-refractivity contribution in [3.63, 3.8) is 0 Å². The van der Waals surface area contributed by atoms with Crippen LogP contribution in [0.3, 0.4) is 0 Å². The molecule has 2 N–H and O–H groups in total. The van der Waals surface area contributed by atoms with Gasteiger partial charge in [-0.15, -0.1) is 0 Å². The zero-order chi connectivity index (χ0) is 26.6. The standard InChI is InChI=1S/C28H31N5O5/c1-37-22-9-5-19(6-10-22)16-32(17-20-7-11-23(38-2)12-8-20)26-25-24(13-14-29-26)33(27(34)30-25)21-4-3-15-31(18-21)28(35)36/h5-14,21H,3-4,15-18H2,1-2H3,(H,30,34)(H,35,36)/t21-/m1/s1. The number of nitrogens with zero attached hydrogens (tertiary/aromatic N) is 4. The molecule has 5 rings (SSSR count). The van der Waals surface area contributed by atoms with E-state index in [0.717, 1.165) is 29.0 Å². The number of carbonyl (C=O) groups is 1. The van der Waals surface area contributed by atoms with E-state index in [0.29, 0.717) is 42.9 Å². The number of piperidine rings is 1. The third-order valence-electron chi connectivity index (χ3n) is 7.02. The summed E-state index contributed by atoms with van der Waals surface area (Å²) in [6.07, 6.45) is 2.18. The van der Waals surface area contributed by atoms with E-state index in [1.807, 2.05) is 54.6 Å². The molecule has 2 aromatic carbocycles. The highest BCUT2D eigenvalue weighted by Crippen LogP contribution is 2.30. The van der Waals surface area contributed by atoms with E-state index in [-0.39, 0.29) is 18.3 Å². The number of fused-ring (bicyclic) bond motifs is 1. The molecule has 0 unspecified atom stereocenters. The van der Waals surface area contributed by atoms with Gasteiger partial charge in [-0.3, -0.25) is 4.57 Å². The molecule has 0 radical (unpaired) electrons. The minimum Gasteiger partial charge on any atom is -0.497 e. The molecule has 10 nitrogen and oxygen atoms in total. The minimum atomic E-state index is -0.963. The van der Waals surface area contributed by atoms with Crippen LogP contribution in [0.25, 0.3) is 11.0 Å². The van der Waals surface area contributed by atoms with Gasteiger partial charge in [-0.2, -0.15) is 0 Å². The fraction of sp³-hybridized carbons (Fsp3) is 0.321. The number of ether oxygens (including phenoxy) is 2. The highest BCUT2D eigenvalue weighted by Gasteiger charge is 2.28. The third-order valence-corrected chi connectivity index (χ3v) is 7.02. The third kappa shape index (κ3) is 5.15. The summed E-state index contributed by atoms with van der Waals surface area (Å²) in [4.78, 5) is 36.0. The van der Waals surface area contributed by atoms with Gasteiger partial charge in [-0.05, 0) is 54.3 Å². The van der Waals surface area contributed by atoms with E-state index in [2.05, 4.69) is 9.88 Å². The van der Waals surface area contributed by atoms with Crippen molar-refractivity contribution in [3.05, 3.63) is 82.4 Å². The number of anilines is 1. The van der Waals surface area contributed by atoms with E-state index >= 15 is 0 Å². The van der Waals surface area contributed by atoms with Gasteiger partial charge in [0.05, 0.1) is 25.8 Å². The van der Waals surface area contributed by atoms with E-state index in [4.69, 9.17) is 14.5 Å². The summed E-state index contributed by atoms with van der Waals surface area (Å²) in [5.74, 6) is 2.20. The minimum absolute atomic E-state index is 0.243. The van der Waals surface area contributed by atoms with Crippen LogP contribution in [0, 0.1) is 0 Å². The van der Waals surface area contributed by atoms with Crippen molar-refractivity contribution >= 4 is 22.9 Å². The number of H-pyrrole nitrogens is 1. The number of methoxy groups -OCH3 is 2. The molecule has 1 atom stereocenters. The summed E-state index contributed by atoms with van der Waals surface area (Å²) >= 11 is 0. The second-order valence-corrected chi connectivity index (χ2v) is 9.41. The number of carboxylic acid groups (broad SMARTS) is 1. The number of hydrogen-bond acceptors (Lipinski definition) is 6. The maximum Gasteiger partial charge on any atom is 0.407 e. The summed E-state index contributed by atoms with van der Waals surface area (Å²) in [7, 11) is 3.28. The van der Waals surface area contributed by atoms with Gasteiger partial charge >= 0.3 is 11.8 Å². The number of amides is 1. The van der Waals surface area contributed by atoms with Crippen molar-refractivity contribution in [2.45, 2.75) is 32.0 Å². The molecule has 0 spiro atoms. The summed E-state index contributed by atoms with van der Waals surface area (Å²) in [6.45, 7) is 1.85. The number of aromatic nitrogens is 3. The fourth-order valence-electron chi connectivity index (χ4n) is 5.09. The second-order valence-electron chi connectivity index (χ2n) is 9.41. The first-order valence-electron chi connectivity index (χ1n) is 12.5. The van der Waals surface area contributed by atoms with Gasteiger partial charge in [0.15, 0.2) is 5.82 Å². The lowest BCUT2D eigenvalue weighted by molar-refractivity contribution is 0.121. The van der Waals surface area contributed by atoms with Crippen LogP contribution in [0.1, 0.15) is 30.0 Å². The first kappa shape index (κ1) is 25.2. The zero-order valence-corrected chi connectivity index (χ0v) is 21.5. The molecular formula is C28H31N5O5. The number of hydrogen-bond donors (Lipinski definition) is 2. The predicted octanol–water partition coefficient (Wildman–Crippen LogP) is 4.26. The number of benzene rings is 2. The maximum absolute atomic E-state index is 13.2. The number of rotatable bonds is 8. The van der Waals surface area contributed by atoms with Crippen LogP contribution in [0.4, 0.5) is 10.6 Å². The Morgan fingerprint density at radius 2 is 1.63 bits per heavy atom. The smallest absolute Gasteiger partial charge is 0.407 e. The Kier molecular flexibility index (Phi) is 7.21. The molecule has 38 heavy (non-hydrogen) atoms. The van der Waals surface area contributed by atoms with Crippen LogP contribution in [-0.2, 0) is 13.1 Å². The van der Waals surface area contributed by atoms with Gasteiger partial charge in [-0.1, -0.05) is 24.3 Å². The Hall–Kier alpha value is -4.47. The first-order chi connectivity index (χ1) is 18.5. The molecule has 1 saturated heterocycles. The van der Waals surface area contributed by atoms with Gasteiger partial charge in [0, 0.05) is 32.4 Å². The van der Waals surface area contributed by atoms with Gasteiger partial charge in [0.2, 0.25) is 0 Å². The van der Waals surface area contributed by atoms with Crippen LogP contribution in [0.2, 0.25) is 0 Å². The van der Waals surface area contributed by atoms with E-state index < -0.39 is 6.09 Å². The molecule has 1 amide bonds. The van der Waals surface area contributed by atoms with Crippen molar-refractivity contribution in [2.75, 3.05) is 32.2 Å². The first-order valence-corrected chi connectivity index (χ1v) is 12.5. The lowest BCUT2D eigenvalue weighted by atomic mass is 10.1. The number of likely N-dealkylation sites (tertiary alicyclic amines) is 1. The van der Waals surface area contributed by atoms with E-state index in [1.165, 1.54) is 4.90 Å². The second kappa shape index (κ2) is 10.9. The summed E-state index contributed by atoms with van der Waals surface area (Å²) in [5, 5.41) is 9.50. The summed E-state index contributed by atoms with van der Waals surface area (Å²) in [6, 6.07) is 17.3. The Labute approximate surface area is 220 Å². The molecule has 1 aliphatic rings. The topological polar surface area (TPSA) is 113 Å². The van der Waals surface area contributed by atoms with E-state index in [1.54, 1.807) is 25.0 Å². The molecule has 10 heteroatoms. The van der Waals surface area contributed by atoms with Crippen molar-refractivity contribution in [1.29, 1.82) is 0 Å². The molecule has 2 aromatic heterocycles. The molecule has 0 saturated carbocycles. The van der Waals surface area contributed by atoms with Gasteiger partial charge in [-0.25, -0.2) is 14.6 Å². The number of pyridine rings is 1. The predicted molar refractivity (Wildman–Crippen MR) is 144 cm³/mol. The normalized spacial score (nSPS) is 15.4. The Balaban J connectivity index is 1.54. The molecule has 0 aliphatic carbocycles. The molecule has 1 aliphatic heterocycles. The average Bonchev–Trinajstić information content (AvgIpc) is 3.29. The monoisotopic (exact) mass is 517 g/mol. The average molecular weight is 518 g/mol. The summed E-state index contributed by atoms with van der Waals surface area (Å²) in [5.41, 5.74) is 3.20. The van der Waals surface area contributed by atoms with Crippen molar-refractivity contribution in [1.82, 2.24) is 19.4 Å². The van der Waals surface area contributed by atoms with Gasteiger partial charge in [0.25, 0.3) is 0 Å². The lowest BCUT2D eigenvalue weighted by Gasteiger charge is -2.31. The van der Waals surface area contributed by atoms with Crippen LogP contribution in [-0.4, -0.2) is 57.9 Å². The van der Waals surface area contributed by atoms with Crippen LogP contribution < -0.4 is 20.1 Å². The largest absolute Gasteiger partial charge is 0.497 e. The molecule has 198 valence electrons. The Morgan fingerprint density at radius 1 is 1.03 bits per heavy atom. The highest BCUT2D eigenvalue weighted by molar-refractivity contribution is 5.86. The lowest BCUT2D eigenvalue weighted by Crippen LogP contribution is -2.41. The summed E-state index contributed by atoms with van der Waals surface area (Å²) < 4.78 is 12.3.